The molecule has 0 saturated heterocycles. The van der Waals surface area contributed by atoms with Gasteiger partial charge >= 0.3 is 0 Å². The van der Waals surface area contributed by atoms with Crippen molar-refractivity contribution >= 4 is 0 Å². The highest BCUT2D eigenvalue weighted by Crippen LogP contribution is 2.46. The lowest BCUT2D eigenvalue weighted by molar-refractivity contribution is -0.137. The Morgan fingerprint density at radius 3 is 2.34 bits per heavy atom. The first-order valence-corrected chi connectivity index (χ1v) is 11.8. The zero-order valence-electron chi connectivity index (χ0n) is 21.0. The van der Waals surface area contributed by atoms with Gasteiger partial charge in [-0.1, -0.05) is 0 Å². The number of fused-ring (bicyclic) bond motifs is 1. The van der Waals surface area contributed by atoms with Gasteiger partial charge in [-0.2, -0.15) is 0 Å². The maximum atomic E-state index is 15.5. The molecule has 0 aliphatic carbocycles. The second-order valence-corrected chi connectivity index (χ2v) is 9.57. The highest BCUT2D eigenvalue weighted by Gasteiger charge is 2.53. The summed E-state index contributed by atoms with van der Waals surface area (Å²) in [6.45, 7) is 4.90. The van der Waals surface area contributed by atoms with Gasteiger partial charge in [-0.3, -0.25) is 0 Å². The Hall–Kier alpha value is -3.93. The maximum Gasteiger partial charge on any atom is 0.196 e. The first-order valence-electron chi connectivity index (χ1n) is 11.8. The summed E-state index contributed by atoms with van der Waals surface area (Å²) in [5.41, 5.74) is -2.89. The lowest BCUT2D eigenvalue weighted by Crippen LogP contribution is -2.55. The molecule has 0 fully saturated rings. The fourth-order valence-electron chi connectivity index (χ4n) is 4.78. The Labute approximate surface area is 214 Å². The summed E-state index contributed by atoms with van der Waals surface area (Å²) in [6.07, 6.45) is 2.06. The van der Waals surface area contributed by atoms with Crippen LogP contribution < -0.4 is 9.47 Å². The normalized spacial score (nSPS) is 17.4. The number of rotatable bonds is 6. The van der Waals surface area contributed by atoms with Crippen LogP contribution in [0.3, 0.4) is 0 Å². The van der Waals surface area contributed by atoms with Gasteiger partial charge in [-0.15, -0.1) is 10.2 Å². The third-order valence-electron chi connectivity index (χ3n) is 6.68. The fraction of sp³-hybridized carbons (Fsp3) is 0.346. The highest BCUT2D eigenvalue weighted by molar-refractivity contribution is 5.72. The van der Waals surface area contributed by atoms with E-state index in [1.807, 2.05) is 0 Å². The Balaban J connectivity index is 1.63. The van der Waals surface area contributed by atoms with Gasteiger partial charge < -0.3 is 23.6 Å². The van der Waals surface area contributed by atoms with E-state index in [1.54, 1.807) is 11.5 Å². The first-order chi connectivity index (χ1) is 17.9. The second-order valence-electron chi connectivity index (χ2n) is 9.57. The van der Waals surface area contributed by atoms with E-state index >= 15 is 4.39 Å². The van der Waals surface area contributed by atoms with E-state index in [1.165, 1.54) is 39.3 Å². The van der Waals surface area contributed by atoms with Gasteiger partial charge in [0.1, 0.15) is 22.9 Å². The number of hydrogen-bond acceptors (Lipinski definition) is 7. The van der Waals surface area contributed by atoms with Gasteiger partial charge in [0.05, 0.1) is 24.4 Å². The Bertz CT molecular complexity index is 1510. The number of aryl methyl sites for hydroxylation is 1. The molecular formula is C26H24F4N4O4. The SMILES string of the molecule is COc1cc(-c2nnc3n2CCCC3(Oc2cc(F)c(F)c(F)c2)C(C)(C)O)c(F)cc1-c1cnc(C)o1. The summed E-state index contributed by atoms with van der Waals surface area (Å²) in [5.74, 6) is -4.25. The van der Waals surface area contributed by atoms with Crippen molar-refractivity contribution in [2.75, 3.05) is 7.11 Å². The molecule has 38 heavy (non-hydrogen) atoms. The number of aromatic nitrogens is 4. The molecule has 4 aromatic rings. The molecule has 200 valence electrons. The van der Waals surface area contributed by atoms with Gasteiger partial charge in [0.25, 0.3) is 0 Å². The Kier molecular flexibility index (Phi) is 6.17. The number of benzene rings is 2. The van der Waals surface area contributed by atoms with Crippen LogP contribution in [0.1, 0.15) is 38.4 Å². The van der Waals surface area contributed by atoms with Crippen LogP contribution in [-0.2, 0) is 12.1 Å². The molecule has 1 aliphatic rings. The highest BCUT2D eigenvalue weighted by atomic mass is 19.2. The van der Waals surface area contributed by atoms with Crippen molar-refractivity contribution in [3.8, 4) is 34.2 Å². The Morgan fingerprint density at radius 2 is 1.74 bits per heavy atom. The van der Waals surface area contributed by atoms with E-state index in [4.69, 9.17) is 13.9 Å². The summed E-state index contributed by atoms with van der Waals surface area (Å²) in [6, 6.07) is 4.07. The molecule has 0 amide bonds. The van der Waals surface area contributed by atoms with Crippen LogP contribution in [0.4, 0.5) is 17.6 Å². The van der Waals surface area contributed by atoms with Gasteiger partial charge in [-0.05, 0) is 38.8 Å². The van der Waals surface area contributed by atoms with Crippen LogP contribution in [-0.4, -0.2) is 37.6 Å². The van der Waals surface area contributed by atoms with Crippen molar-refractivity contribution in [1.29, 1.82) is 0 Å². The van der Waals surface area contributed by atoms with E-state index in [9.17, 15) is 18.3 Å². The zero-order chi connectivity index (χ0) is 27.4. The lowest BCUT2D eigenvalue weighted by atomic mass is 9.79. The summed E-state index contributed by atoms with van der Waals surface area (Å²) in [7, 11) is 1.43. The second kappa shape index (κ2) is 9.12. The number of aliphatic hydroxyl groups is 1. The molecule has 5 rings (SSSR count). The predicted octanol–water partition coefficient (Wildman–Crippen LogP) is 5.31. The van der Waals surface area contributed by atoms with Crippen LogP contribution in [0.5, 0.6) is 11.5 Å². The van der Waals surface area contributed by atoms with Crippen molar-refractivity contribution in [2.24, 2.45) is 0 Å². The molecule has 1 atom stereocenters. The van der Waals surface area contributed by atoms with E-state index < -0.39 is 34.5 Å². The third-order valence-corrected chi connectivity index (χ3v) is 6.68. The molecule has 0 spiro atoms. The number of halogens is 4. The van der Waals surface area contributed by atoms with Gasteiger partial charge in [0.2, 0.25) is 0 Å². The van der Waals surface area contributed by atoms with Crippen LogP contribution in [0.15, 0.2) is 34.9 Å². The topological polar surface area (TPSA) is 95.4 Å². The molecular weight excluding hydrogens is 508 g/mol. The van der Waals surface area contributed by atoms with Crippen molar-refractivity contribution in [1.82, 2.24) is 19.7 Å². The Morgan fingerprint density at radius 1 is 1.03 bits per heavy atom. The van der Waals surface area contributed by atoms with E-state index in [0.29, 0.717) is 48.1 Å². The average molecular weight is 532 g/mol. The molecule has 1 aliphatic heterocycles. The minimum Gasteiger partial charge on any atom is -0.496 e. The minimum absolute atomic E-state index is 0.0611. The summed E-state index contributed by atoms with van der Waals surface area (Å²) < 4.78 is 75.5. The summed E-state index contributed by atoms with van der Waals surface area (Å²) >= 11 is 0. The molecule has 1 unspecified atom stereocenters. The maximum absolute atomic E-state index is 15.5. The van der Waals surface area contributed by atoms with Crippen LogP contribution >= 0.6 is 0 Å². The van der Waals surface area contributed by atoms with Crippen molar-refractivity contribution < 1.29 is 36.6 Å². The van der Waals surface area contributed by atoms with E-state index in [0.717, 1.165) is 0 Å². The molecule has 1 N–H and O–H groups in total. The number of oxazole rings is 1. The lowest BCUT2D eigenvalue weighted by Gasteiger charge is -2.44. The van der Waals surface area contributed by atoms with Gasteiger partial charge in [0, 0.05) is 25.6 Å². The molecule has 0 radical (unpaired) electrons. The largest absolute Gasteiger partial charge is 0.496 e. The van der Waals surface area contributed by atoms with Crippen molar-refractivity contribution in [3.05, 3.63) is 65.4 Å². The standard InChI is InChI=1S/C26H24F4N4O4/c1-13-31-12-21(37-13)16-10-17(27)15(11-20(16)36-4)23-32-33-24-26(25(2,3)35,6-5-7-34(23)24)38-14-8-18(28)22(30)19(29)9-14/h8-12,35H,5-7H2,1-4H3. The summed E-state index contributed by atoms with van der Waals surface area (Å²) in [5, 5.41) is 19.6. The minimum atomic E-state index is -1.65. The monoisotopic (exact) mass is 532 g/mol. The number of nitrogens with zero attached hydrogens (tertiary/aromatic N) is 4. The van der Waals surface area contributed by atoms with E-state index in [2.05, 4.69) is 15.2 Å². The first kappa shape index (κ1) is 25.7. The van der Waals surface area contributed by atoms with Gasteiger partial charge in [-0.25, -0.2) is 22.5 Å². The van der Waals surface area contributed by atoms with E-state index in [-0.39, 0.29) is 29.4 Å². The van der Waals surface area contributed by atoms with Crippen LogP contribution in [0.25, 0.3) is 22.7 Å². The average Bonchev–Trinajstić information content (AvgIpc) is 3.48. The van der Waals surface area contributed by atoms with Gasteiger partial charge in [0.15, 0.2) is 46.4 Å². The number of ether oxygens (including phenoxy) is 2. The third kappa shape index (κ3) is 4.08. The molecule has 3 heterocycles. The molecule has 8 nitrogen and oxygen atoms in total. The fourth-order valence-corrected chi connectivity index (χ4v) is 4.78. The molecule has 2 aromatic carbocycles. The molecule has 2 aromatic heterocycles. The molecule has 0 bridgehead atoms. The molecule has 0 saturated carbocycles. The zero-order valence-corrected chi connectivity index (χ0v) is 21.0. The van der Waals surface area contributed by atoms with Crippen molar-refractivity contribution in [2.45, 2.75) is 51.4 Å². The summed E-state index contributed by atoms with van der Waals surface area (Å²) in [4.78, 5) is 4.04. The predicted molar refractivity (Wildman–Crippen MR) is 126 cm³/mol. The smallest absolute Gasteiger partial charge is 0.196 e. The molecule has 12 heteroatoms. The number of hydrogen-bond donors (Lipinski definition) is 1. The van der Waals surface area contributed by atoms with Crippen molar-refractivity contribution in [3.63, 3.8) is 0 Å². The quantitative estimate of drug-likeness (QED) is 0.266. The van der Waals surface area contributed by atoms with Crippen LogP contribution in [0.2, 0.25) is 0 Å². The number of methoxy groups -OCH3 is 1. The van der Waals surface area contributed by atoms with Crippen LogP contribution in [0, 0.1) is 30.2 Å².